The summed E-state index contributed by atoms with van der Waals surface area (Å²) in [7, 11) is -2.14. The highest BCUT2D eigenvalue weighted by atomic mass is 32.2. The quantitative estimate of drug-likeness (QED) is 0.712. The van der Waals surface area contributed by atoms with E-state index in [9.17, 15) is 13.2 Å². The zero-order chi connectivity index (χ0) is 19.4. The van der Waals surface area contributed by atoms with Gasteiger partial charge >= 0.3 is 0 Å². The van der Waals surface area contributed by atoms with Crippen molar-refractivity contribution in [3.05, 3.63) is 78.4 Å². The van der Waals surface area contributed by atoms with Gasteiger partial charge in [0.1, 0.15) is 0 Å². The van der Waals surface area contributed by atoms with Crippen molar-refractivity contribution < 1.29 is 13.2 Å². The van der Waals surface area contributed by atoms with E-state index in [-0.39, 0.29) is 10.8 Å². The molecule has 3 aromatic carbocycles. The highest BCUT2D eigenvalue weighted by Gasteiger charge is 2.24. The van der Waals surface area contributed by atoms with Gasteiger partial charge in [-0.05, 0) is 35.4 Å². The van der Waals surface area contributed by atoms with Crippen LogP contribution in [0.4, 0.5) is 0 Å². The molecule has 3 aromatic rings. The molecule has 3 rings (SSSR count). The van der Waals surface area contributed by atoms with Crippen LogP contribution in [0.2, 0.25) is 0 Å². The smallest absolute Gasteiger partial charge is 0.241 e. The Morgan fingerprint density at radius 1 is 0.963 bits per heavy atom. The molecular weight excluding hydrogens is 360 g/mol. The Labute approximate surface area is 159 Å². The van der Waals surface area contributed by atoms with Crippen LogP contribution in [0.3, 0.4) is 0 Å². The molecule has 1 amide bonds. The van der Waals surface area contributed by atoms with E-state index in [4.69, 9.17) is 0 Å². The molecule has 0 saturated heterocycles. The van der Waals surface area contributed by atoms with Gasteiger partial charge in [-0.2, -0.15) is 4.72 Å². The third kappa shape index (κ3) is 4.53. The van der Waals surface area contributed by atoms with Gasteiger partial charge in [0.05, 0.1) is 10.9 Å². The first-order valence-corrected chi connectivity index (χ1v) is 10.2. The van der Waals surface area contributed by atoms with E-state index < -0.39 is 16.1 Å². The summed E-state index contributed by atoms with van der Waals surface area (Å²) >= 11 is 0. The molecule has 0 fully saturated rings. The first kappa shape index (κ1) is 19.1. The number of hydrogen-bond donors (Lipinski definition) is 1. The third-order valence-corrected chi connectivity index (χ3v) is 5.91. The van der Waals surface area contributed by atoms with Crippen LogP contribution < -0.4 is 4.72 Å². The highest BCUT2D eigenvalue weighted by molar-refractivity contribution is 7.89. The average molecular weight is 382 g/mol. The molecule has 0 heterocycles. The summed E-state index contributed by atoms with van der Waals surface area (Å²) in [6, 6.07) is 21.2. The average Bonchev–Trinajstić information content (AvgIpc) is 2.67. The number of hydrogen-bond acceptors (Lipinski definition) is 3. The second kappa shape index (κ2) is 7.90. The Kier molecular flexibility index (Phi) is 5.58. The minimum Gasteiger partial charge on any atom is -0.340 e. The van der Waals surface area contributed by atoms with Crippen molar-refractivity contribution in [3.8, 4) is 0 Å². The van der Waals surface area contributed by atoms with Crippen molar-refractivity contribution in [2.45, 2.75) is 24.4 Å². The molecule has 27 heavy (non-hydrogen) atoms. The third-order valence-electron chi connectivity index (χ3n) is 4.37. The molecule has 0 aliphatic heterocycles. The molecule has 0 unspecified atom stereocenters. The van der Waals surface area contributed by atoms with E-state index >= 15 is 0 Å². The summed E-state index contributed by atoms with van der Waals surface area (Å²) in [5.74, 6) is -0.289. The highest BCUT2D eigenvalue weighted by Crippen LogP contribution is 2.19. The lowest BCUT2D eigenvalue weighted by Gasteiger charge is -2.22. The summed E-state index contributed by atoms with van der Waals surface area (Å²) in [6.45, 7) is 1.98. The number of likely N-dealkylation sites (N-methyl/N-ethyl adjacent to an activating group) is 1. The Morgan fingerprint density at radius 3 is 2.30 bits per heavy atom. The number of nitrogens with one attached hydrogen (secondary N) is 1. The molecule has 140 valence electrons. The normalized spacial score (nSPS) is 12.7. The first-order valence-electron chi connectivity index (χ1n) is 8.67. The number of sulfonamides is 1. The van der Waals surface area contributed by atoms with Crippen molar-refractivity contribution >= 4 is 26.7 Å². The zero-order valence-corrected chi connectivity index (χ0v) is 16.1. The molecule has 0 aliphatic carbocycles. The SMILES string of the molecule is C[C@@H](NS(=O)(=O)c1ccc2ccccc2c1)C(=O)N(C)Cc1ccccc1. The second-order valence-corrected chi connectivity index (χ2v) is 8.25. The van der Waals surface area contributed by atoms with Gasteiger partial charge < -0.3 is 4.90 Å². The van der Waals surface area contributed by atoms with Crippen molar-refractivity contribution in [1.29, 1.82) is 0 Å². The molecular formula is C21H22N2O3S. The summed E-state index contributed by atoms with van der Waals surface area (Å²) in [5, 5.41) is 1.80. The molecule has 0 spiro atoms. The molecule has 5 nitrogen and oxygen atoms in total. The van der Waals surface area contributed by atoms with Crippen molar-refractivity contribution in [2.75, 3.05) is 7.05 Å². The fourth-order valence-electron chi connectivity index (χ4n) is 2.95. The van der Waals surface area contributed by atoms with Crippen LogP contribution in [-0.4, -0.2) is 32.3 Å². The zero-order valence-electron chi connectivity index (χ0n) is 15.3. The summed E-state index contributed by atoms with van der Waals surface area (Å²) < 4.78 is 27.9. The minimum absolute atomic E-state index is 0.145. The van der Waals surface area contributed by atoms with Crippen LogP contribution in [0.15, 0.2) is 77.7 Å². The van der Waals surface area contributed by atoms with Crippen molar-refractivity contribution in [3.63, 3.8) is 0 Å². The van der Waals surface area contributed by atoms with Crippen LogP contribution in [0.5, 0.6) is 0 Å². The van der Waals surface area contributed by atoms with Gasteiger partial charge in [-0.3, -0.25) is 4.79 Å². The standard InChI is InChI=1S/C21H22N2O3S/c1-16(21(24)23(2)15-17-8-4-3-5-9-17)22-27(25,26)20-13-12-18-10-6-7-11-19(18)14-20/h3-14,16,22H,15H2,1-2H3/t16-/m1/s1. The monoisotopic (exact) mass is 382 g/mol. The summed E-state index contributed by atoms with van der Waals surface area (Å²) in [6.07, 6.45) is 0. The topological polar surface area (TPSA) is 66.5 Å². The van der Waals surface area contributed by atoms with Crippen LogP contribution in [0.1, 0.15) is 12.5 Å². The number of carbonyl (C=O) groups excluding carboxylic acids is 1. The number of amides is 1. The predicted octanol–water partition coefficient (Wildman–Crippen LogP) is 3.17. The van der Waals surface area contributed by atoms with Crippen molar-refractivity contribution in [1.82, 2.24) is 9.62 Å². The summed E-state index contributed by atoms with van der Waals surface area (Å²) in [4.78, 5) is 14.2. The van der Waals surface area contributed by atoms with E-state index in [2.05, 4.69) is 4.72 Å². The van der Waals surface area contributed by atoms with Gasteiger partial charge in [-0.25, -0.2) is 8.42 Å². The fourth-order valence-corrected chi connectivity index (χ4v) is 4.18. The summed E-state index contributed by atoms with van der Waals surface area (Å²) in [5.41, 5.74) is 0.984. The van der Waals surface area contributed by atoms with Gasteiger partial charge in [0.25, 0.3) is 0 Å². The van der Waals surface area contributed by atoms with Gasteiger partial charge in [0.2, 0.25) is 15.9 Å². The Hall–Kier alpha value is -2.70. The van der Waals surface area contributed by atoms with Gasteiger partial charge in [-0.1, -0.05) is 60.7 Å². The first-order chi connectivity index (χ1) is 12.9. The Bertz CT molecular complexity index is 1050. The number of benzene rings is 3. The number of fused-ring (bicyclic) bond motifs is 1. The van der Waals surface area contributed by atoms with E-state index in [1.54, 1.807) is 32.2 Å². The van der Waals surface area contributed by atoms with Gasteiger partial charge in [-0.15, -0.1) is 0 Å². The lowest BCUT2D eigenvalue weighted by Crippen LogP contribution is -2.45. The molecule has 0 aromatic heterocycles. The number of nitrogens with zero attached hydrogens (tertiary/aromatic N) is 1. The molecule has 1 atom stereocenters. The maximum atomic E-state index is 12.7. The Morgan fingerprint density at radius 2 is 1.59 bits per heavy atom. The minimum atomic E-state index is -3.80. The lowest BCUT2D eigenvalue weighted by atomic mass is 10.1. The fraction of sp³-hybridized carbons (Fsp3) is 0.190. The predicted molar refractivity (Wildman–Crippen MR) is 107 cm³/mol. The molecule has 0 radical (unpaired) electrons. The van der Waals surface area contributed by atoms with E-state index in [1.165, 1.54) is 4.90 Å². The van der Waals surface area contributed by atoms with Crippen molar-refractivity contribution in [2.24, 2.45) is 0 Å². The van der Waals surface area contributed by atoms with Gasteiger partial charge in [0, 0.05) is 13.6 Å². The van der Waals surface area contributed by atoms with Crippen LogP contribution >= 0.6 is 0 Å². The second-order valence-electron chi connectivity index (χ2n) is 6.53. The Balaban J connectivity index is 1.72. The van der Waals surface area contributed by atoms with Crippen LogP contribution in [-0.2, 0) is 21.4 Å². The lowest BCUT2D eigenvalue weighted by molar-refractivity contribution is -0.131. The van der Waals surface area contributed by atoms with E-state index in [0.29, 0.717) is 6.54 Å². The maximum Gasteiger partial charge on any atom is 0.241 e. The maximum absolute atomic E-state index is 12.7. The largest absolute Gasteiger partial charge is 0.340 e. The molecule has 1 N–H and O–H groups in total. The van der Waals surface area contributed by atoms with E-state index in [1.807, 2.05) is 54.6 Å². The number of carbonyl (C=O) groups is 1. The van der Waals surface area contributed by atoms with Gasteiger partial charge in [0.15, 0.2) is 0 Å². The molecule has 6 heteroatoms. The molecule has 0 aliphatic rings. The van der Waals surface area contributed by atoms with Crippen LogP contribution in [0.25, 0.3) is 10.8 Å². The number of rotatable bonds is 6. The molecule has 0 saturated carbocycles. The van der Waals surface area contributed by atoms with E-state index in [0.717, 1.165) is 16.3 Å². The van der Waals surface area contributed by atoms with Crippen LogP contribution in [0, 0.1) is 0 Å². The molecule has 0 bridgehead atoms.